The molecular formula is C24H15BrF3N3O2. The molecule has 0 saturated carbocycles. The van der Waals surface area contributed by atoms with Crippen molar-refractivity contribution in [3.63, 3.8) is 0 Å². The number of anilines is 2. The topological polar surface area (TPSA) is 53.0 Å². The minimum absolute atomic E-state index is 0.114. The van der Waals surface area contributed by atoms with Gasteiger partial charge in [0.2, 0.25) is 5.91 Å². The molecule has 3 aromatic carbocycles. The van der Waals surface area contributed by atoms with Crippen LogP contribution in [0.3, 0.4) is 0 Å². The first-order valence-corrected chi connectivity index (χ1v) is 10.8. The fourth-order valence-corrected chi connectivity index (χ4v) is 4.41. The Hall–Kier alpha value is -3.46. The molecule has 2 amide bonds. The summed E-state index contributed by atoms with van der Waals surface area (Å²) in [5.41, 5.74) is 0.603. The number of nitrogens with zero attached hydrogens (tertiary/aromatic N) is 3. The van der Waals surface area contributed by atoms with Gasteiger partial charge in [-0.05, 0) is 48.0 Å². The van der Waals surface area contributed by atoms with Crippen LogP contribution in [0, 0.1) is 5.92 Å². The zero-order valence-corrected chi connectivity index (χ0v) is 18.4. The number of amides is 2. The second kappa shape index (κ2) is 7.84. The zero-order valence-electron chi connectivity index (χ0n) is 16.8. The highest BCUT2D eigenvalue weighted by Crippen LogP contribution is 2.40. The highest BCUT2D eigenvalue weighted by atomic mass is 79.9. The maximum absolute atomic E-state index is 13.5. The summed E-state index contributed by atoms with van der Waals surface area (Å²) < 4.78 is 40.6. The van der Waals surface area contributed by atoms with E-state index in [1.54, 1.807) is 48.5 Å². The van der Waals surface area contributed by atoms with Crippen LogP contribution < -0.4 is 9.91 Å². The monoisotopic (exact) mass is 513 g/mol. The molecule has 2 aliphatic rings. The van der Waals surface area contributed by atoms with E-state index in [1.165, 1.54) is 17.1 Å². The molecule has 0 unspecified atom stereocenters. The van der Waals surface area contributed by atoms with Crippen LogP contribution in [0.4, 0.5) is 24.5 Å². The third-order valence-corrected chi connectivity index (χ3v) is 6.17. The summed E-state index contributed by atoms with van der Waals surface area (Å²) in [6.45, 7) is 0. The molecule has 5 nitrogen and oxygen atoms in total. The van der Waals surface area contributed by atoms with E-state index in [-0.39, 0.29) is 5.69 Å². The highest BCUT2D eigenvalue weighted by Gasteiger charge is 2.57. The highest BCUT2D eigenvalue weighted by molar-refractivity contribution is 9.10. The number of carbonyl (C=O) groups excluding carboxylic acids is 2. The summed E-state index contributed by atoms with van der Waals surface area (Å²) in [7, 11) is 0. The van der Waals surface area contributed by atoms with Crippen molar-refractivity contribution < 1.29 is 22.8 Å². The van der Waals surface area contributed by atoms with Crippen molar-refractivity contribution in [3.8, 4) is 0 Å². The Balaban J connectivity index is 1.62. The van der Waals surface area contributed by atoms with Gasteiger partial charge in [-0.2, -0.15) is 18.3 Å². The number of hydrazone groups is 1. The molecule has 1 fully saturated rings. The number of hydrogen-bond donors (Lipinski definition) is 0. The van der Waals surface area contributed by atoms with E-state index >= 15 is 0 Å². The van der Waals surface area contributed by atoms with Gasteiger partial charge in [-0.15, -0.1) is 0 Å². The van der Waals surface area contributed by atoms with Crippen molar-refractivity contribution in [1.82, 2.24) is 0 Å². The molecule has 2 heterocycles. The van der Waals surface area contributed by atoms with Crippen molar-refractivity contribution in [2.45, 2.75) is 12.2 Å². The molecule has 0 spiro atoms. The number of benzene rings is 3. The van der Waals surface area contributed by atoms with Gasteiger partial charge in [-0.1, -0.05) is 52.3 Å². The van der Waals surface area contributed by atoms with E-state index in [0.29, 0.717) is 17.0 Å². The summed E-state index contributed by atoms with van der Waals surface area (Å²) in [6.07, 6.45) is -4.60. The summed E-state index contributed by atoms with van der Waals surface area (Å²) in [6, 6.07) is 19.3. The molecule has 2 atom stereocenters. The lowest BCUT2D eigenvalue weighted by Crippen LogP contribution is -2.39. The summed E-state index contributed by atoms with van der Waals surface area (Å²) >= 11 is 3.37. The van der Waals surface area contributed by atoms with Crippen molar-refractivity contribution in [2.24, 2.45) is 11.0 Å². The molecule has 0 aromatic heterocycles. The molecule has 0 bridgehead atoms. The SMILES string of the molecule is O=C1[C@@H]2C(c3ccc(Br)cc3)=NN(c3ccccc3)[C@@H]2C(=O)N1c1cccc(C(F)(F)F)c1. The van der Waals surface area contributed by atoms with Crippen molar-refractivity contribution in [2.75, 3.05) is 9.91 Å². The molecule has 166 valence electrons. The van der Waals surface area contributed by atoms with E-state index in [4.69, 9.17) is 0 Å². The number of fused-ring (bicyclic) bond motifs is 1. The Morgan fingerprint density at radius 3 is 2.15 bits per heavy atom. The van der Waals surface area contributed by atoms with Gasteiger partial charge in [0.25, 0.3) is 5.91 Å². The Labute approximate surface area is 195 Å². The molecular weight excluding hydrogens is 499 g/mol. The number of rotatable bonds is 3. The third kappa shape index (κ3) is 3.62. The van der Waals surface area contributed by atoms with Crippen LogP contribution in [0.25, 0.3) is 0 Å². The van der Waals surface area contributed by atoms with Gasteiger partial charge < -0.3 is 0 Å². The smallest absolute Gasteiger partial charge is 0.273 e. The molecule has 33 heavy (non-hydrogen) atoms. The molecule has 3 aromatic rings. The number of hydrogen-bond acceptors (Lipinski definition) is 4. The van der Waals surface area contributed by atoms with Crippen LogP contribution in [0.5, 0.6) is 0 Å². The Kier molecular flexibility index (Phi) is 5.08. The van der Waals surface area contributed by atoms with Crippen LogP contribution in [0.15, 0.2) is 88.4 Å². The second-order valence-corrected chi connectivity index (χ2v) is 8.57. The quantitative estimate of drug-likeness (QED) is 0.449. The van der Waals surface area contributed by atoms with Crippen molar-refractivity contribution >= 4 is 44.8 Å². The fourth-order valence-electron chi connectivity index (χ4n) is 4.14. The summed E-state index contributed by atoms with van der Waals surface area (Å²) in [4.78, 5) is 27.8. The molecule has 0 aliphatic carbocycles. The first-order valence-electron chi connectivity index (χ1n) is 9.99. The lowest BCUT2D eigenvalue weighted by molar-refractivity contribution is -0.137. The summed E-state index contributed by atoms with van der Waals surface area (Å²) in [5, 5.41) is 6.10. The Morgan fingerprint density at radius 2 is 1.48 bits per heavy atom. The van der Waals surface area contributed by atoms with E-state index < -0.39 is 35.5 Å². The van der Waals surface area contributed by atoms with Gasteiger partial charge in [-0.3, -0.25) is 14.6 Å². The first-order chi connectivity index (χ1) is 15.8. The maximum Gasteiger partial charge on any atom is 0.416 e. The van der Waals surface area contributed by atoms with Gasteiger partial charge in [0.05, 0.1) is 22.6 Å². The molecule has 0 N–H and O–H groups in total. The lowest BCUT2D eigenvalue weighted by atomic mass is 9.93. The molecule has 9 heteroatoms. The van der Waals surface area contributed by atoms with E-state index in [1.807, 2.05) is 6.07 Å². The molecule has 2 aliphatic heterocycles. The van der Waals surface area contributed by atoms with Gasteiger partial charge >= 0.3 is 6.18 Å². The standard InChI is InChI=1S/C24H15BrF3N3O2/c25-16-11-9-14(10-12-16)20-19-21(31(29-20)17-6-2-1-3-7-17)23(33)30(22(19)32)18-8-4-5-15(13-18)24(26,27)28/h1-13,19,21H/t19-,21+/m1/s1. The van der Waals surface area contributed by atoms with E-state index in [0.717, 1.165) is 21.5 Å². The largest absolute Gasteiger partial charge is 0.416 e. The number of imide groups is 1. The first kappa shape index (κ1) is 21.4. The van der Waals surface area contributed by atoms with Crippen LogP contribution in [-0.2, 0) is 15.8 Å². The van der Waals surface area contributed by atoms with Crippen LogP contribution >= 0.6 is 15.9 Å². The predicted molar refractivity (Wildman–Crippen MR) is 121 cm³/mol. The van der Waals surface area contributed by atoms with Gasteiger partial charge in [-0.25, -0.2) is 4.90 Å². The van der Waals surface area contributed by atoms with E-state index in [9.17, 15) is 22.8 Å². The lowest BCUT2D eigenvalue weighted by Gasteiger charge is -2.22. The normalized spacial score (nSPS) is 20.3. The van der Waals surface area contributed by atoms with Crippen LogP contribution in [0.2, 0.25) is 0 Å². The number of halogens is 4. The minimum Gasteiger partial charge on any atom is -0.273 e. The summed E-state index contributed by atoms with van der Waals surface area (Å²) in [5.74, 6) is -2.18. The van der Waals surface area contributed by atoms with Crippen LogP contribution in [-0.4, -0.2) is 23.6 Å². The fraction of sp³-hybridized carbons (Fsp3) is 0.125. The third-order valence-electron chi connectivity index (χ3n) is 5.64. The van der Waals surface area contributed by atoms with Gasteiger partial charge in [0.15, 0.2) is 0 Å². The maximum atomic E-state index is 13.5. The number of alkyl halides is 3. The predicted octanol–water partition coefficient (Wildman–Crippen LogP) is 5.25. The van der Waals surface area contributed by atoms with Crippen LogP contribution in [0.1, 0.15) is 11.1 Å². The van der Waals surface area contributed by atoms with E-state index in [2.05, 4.69) is 21.0 Å². The average molecular weight is 514 g/mol. The number of carbonyl (C=O) groups is 2. The average Bonchev–Trinajstić information content (AvgIpc) is 3.31. The van der Waals surface area contributed by atoms with Crippen molar-refractivity contribution in [3.05, 3.63) is 94.5 Å². The second-order valence-electron chi connectivity index (χ2n) is 7.65. The van der Waals surface area contributed by atoms with Crippen molar-refractivity contribution in [1.29, 1.82) is 0 Å². The van der Waals surface area contributed by atoms with Gasteiger partial charge in [0, 0.05) is 4.47 Å². The minimum atomic E-state index is -4.60. The number of para-hydroxylation sites is 1. The molecule has 1 saturated heterocycles. The molecule has 0 radical (unpaired) electrons. The van der Waals surface area contributed by atoms with Gasteiger partial charge in [0.1, 0.15) is 12.0 Å². The molecule has 5 rings (SSSR count). The zero-order chi connectivity index (χ0) is 23.3. The Morgan fingerprint density at radius 1 is 0.818 bits per heavy atom. The Bertz CT molecular complexity index is 1280.